The third kappa shape index (κ3) is 3.72. The summed E-state index contributed by atoms with van der Waals surface area (Å²) in [5, 5.41) is 23.3. The minimum Gasteiger partial charge on any atom is -0.508 e. The molecule has 2 aromatic carbocycles. The maximum absolute atomic E-state index is 13.4. The molecule has 2 rings (SSSR count). The predicted molar refractivity (Wildman–Crippen MR) is 78.6 cm³/mol. The smallest absolute Gasteiger partial charge is 0.337 e. The van der Waals surface area contributed by atoms with Crippen LogP contribution in [0.25, 0.3) is 0 Å². The normalized spacial score (nSPS) is 10.0. The van der Waals surface area contributed by atoms with Gasteiger partial charge in [-0.05, 0) is 30.3 Å². The van der Waals surface area contributed by atoms with Gasteiger partial charge in [0.1, 0.15) is 11.6 Å². The van der Waals surface area contributed by atoms with Crippen LogP contribution >= 0.6 is 0 Å². The van der Waals surface area contributed by atoms with Crippen molar-refractivity contribution in [2.75, 3.05) is 17.2 Å². The third-order valence-corrected chi connectivity index (χ3v) is 2.82. The van der Waals surface area contributed by atoms with Crippen LogP contribution in [0.4, 0.5) is 15.8 Å². The molecule has 0 bridgehead atoms. The summed E-state index contributed by atoms with van der Waals surface area (Å²) in [5.74, 6) is -2.55. The van der Waals surface area contributed by atoms with Crippen LogP contribution in [0.3, 0.4) is 0 Å². The number of halogens is 1. The molecule has 4 N–H and O–H groups in total. The van der Waals surface area contributed by atoms with Crippen LogP contribution in [0, 0.1) is 5.82 Å². The van der Waals surface area contributed by atoms with Gasteiger partial charge in [-0.2, -0.15) is 0 Å². The number of carboxylic acids is 1. The van der Waals surface area contributed by atoms with Gasteiger partial charge in [-0.3, -0.25) is 4.79 Å². The first kappa shape index (κ1) is 15.3. The van der Waals surface area contributed by atoms with Crippen LogP contribution in [0.15, 0.2) is 42.5 Å². The lowest BCUT2D eigenvalue weighted by Crippen LogP contribution is -2.23. The number of anilines is 2. The highest BCUT2D eigenvalue weighted by Crippen LogP contribution is 2.21. The van der Waals surface area contributed by atoms with E-state index in [-0.39, 0.29) is 29.2 Å². The van der Waals surface area contributed by atoms with Crippen molar-refractivity contribution in [2.24, 2.45) is 0 Å². The molecule has 0 radical (unpaired) electrons. The van der Waals surface area contributed by atoms with Crippen molar-refractivity contribution in [2.45, 2.75) is 0 Å². The number of benzene rings is 2. The fraction of sp³-hybridized carbons (Fsp3) is 0.0667. The molecule has 0 heterocycles. The molecule has 0 aliphatic heterocycles. The Kier molecular flexibility index (Phi) is 4.57. The molecule has 1 amide bonds. The van der Waals surface area contributed by atoms with Gasteiger partial charge in [0.2, 0.25) is 5.91 Å². The van der Waals surface area contributed by atoms with E-state index in [2.05, 4.69) is 10.6 Å². The lowest BCUT2D eigenvalue weighted by Gasteiger charge is -2.10. The van der Waals surface area contributed by atoms with E-state index in [9.17, 15) is 19.1 Å². The minimum absolute atomic E-state index is 0.0469. The molecule has 7 heteroatoms. The summed E-state index contributed by atoms with van der Waals surface area (Å²) in [4.78, 5) is 22.9. The second-order valence-corrected chi connectivity index (χ2v) is 4.42. The molecular formula is C15H13FN2O4. The van der Waals surface area contributed by atoms with Gasteiger partial charge >= 0.3 is 5.97 Å². The van der Waals surface area contributed by atoms with E-state index in [0.29, 0.717) is 0 Å². The fourth-order valence-electron chi connectivity index (χ4n) is 1.79. The summed E-state index contributed by atoms with van der Waals surface area (Å²) in [6.07, 6.45) is 0. The molecule has 0 atom stereocenters. The van der Waals surface area contributed by atoms with Gasteiger partial charge in [0.05, 0.1) is 23.5 Å². The number of carbonyl (C=O) groups is 2. The Bertz CT molecular complexity index is 718. The van der Waals surface area contributed by atoms with Crippen molar-refractivity contribution in [1.29, 1.82) is 0 Å². The van der Waals surface area contributed by atoms with Crippen LogP contribution in [0.2, 0.25) is 0 Å². The summed E-state index contributed by atoms with van der Waals surface area (Å²) in [5.41, 5.74) is -0.0216. The Morgan fingerprint density at radius 1 is 1.09 bits per heavy atom. The molecular weight excluding hydrogens is 291 g/mol. The number of amides is 1. The Balaban J connectivity index is 2.04. The number of hydrogen-bond acceptors (Lipinski definition) is 4. The molecule has 0 aliphatic carbocycles. The number of aromatic hydroxyl groups is 1. The monoisotopic (exact) mass is 304 g/mol. The number of carboxylic acid groups (broad SMARTS) is 1. The van der Waals surface area contributed by atoms with E-state index in [0.717, 1.165) is 6.07 Å². The number of para-hydroxylation sites is 1. The number of phenols is 1. The van der Waals surface area contributed by atoms with Gasteiger partial charge in [0, 0.05) is 0 Å². The summed E-state index contributed by atoms with van der Waals surface area (Å²) < 4.78 is 13.4. The van der Waals surface area contributed by atoms with Crippen molar-refractivity contribution in [3.8, 4) is 5.75 Å². The molecule has 0 spiro atoms. The van der Waals surface area contributed by atoms with Gasteiger partial charge in [0.15, 0.2) is 0 Å². The zero-order valence-corrected chi connectivity index (χ0v) is 11.3. The quantitative estimate of drug-likeness (QED) is 0.635. The molecule has 0 saturated carbocycles. The highest BCUT2D eigenvalue weighted by Gasteiger charge is 2.13. The molecule has 0 aliphatic rings. The summed E-state index contributed by atoms with van der Waals surface area (Å²) >= 11 is 0. The maximum atomic E-state index is 13.4. The molecule has 0 saturated heterocycles. The van der Waals surface area contributed by atoms with Crippen molar-refractivity contribution in [1.82, 2.24) is 0 Å². The van der Waals surface area contributed by atoms with Crippen LogP contribution in [-0.2, 0) is 4.79 Å². The predicted octanol–water partition coefficient (Wildman–Crippen LogP) is 2.28. The molecule has 0 aromatic heterocycles. The largest absolute Gasteiger partial charge is 0.508 e. The van der Waals surface area contributed by atoms with Crippen LogP contribution < -0.4 is 10.6 Å². The summed E-state index contributed by atoms with van der Waals surface area (Å²) in [6, 6.07) is 9.44. The van der Waals surface area contributed by atoms with E-state index in [1.807, 2.05) is 0 Å². The van der Waals surface area contributed by atoms with E-state index >= 15 is 0 Å². The Hall–Kier alpha value is -3.09. The summed E-state index contributed by atoms with van der Waals surface area (Å²) in [7, 11) is 0. The number of hydrogen-bond donors (Lipinski definition) is 4. The van der Waals surface area contributed by atoms with Gasteiger partial charge in [-0.25, -0.2) is 9.18 Å². The Morgan fingerprint density at radius 2 is 1.82 bits per heavy atom. The van der Waals surface area contributed by atoms with Crippen molar-refractivity contribution >= 4 is 23.3 Å². The lowest BCUT2D eigenvalue weighted by molar-refractivity contribution is -0.114. The lowest BCUT2D eigenvalue weighted by atomic mass is 10.1. The van der Waals surface area contributed by atoms with Crippen LogP contribution in [0.1, 0.15) is 10.4 Å². The average Bonchev–Trinajstić information content (AvgIpc) is 2.48. The molecule has 0 fully saturated rings. The molecule has 2 aromatic rings. The zero-order valence-electron chi connectivity index (χ0n) is 11.3. The fourth-order valence-corrected chi connectivity index (χ4v) is 1.79. The van der Waals surface area contributed by atoms with Gasteiger partial charge in [0.25, 0.3) is 0 Å². The number of rotatable bonds is 5. The number of phenolic OH excluding ortho intramolecular Hbond substituents is 1. The average molecular weight is 304 g/mol. The number of nitrogens with one attached hydrogen (secondary N) is 2. The van der Waals surface area contributed by atoms with E-state index < -0.39 is 17.7 Å². The minimum atomic E-state index is -1.28. The highest BCUT2D eigenvalue weighted by molar-refractivity contribution is 6.01. The second-order valence-electron chi connectivity index (χ2n) is 4.42. The van der Waals surface area contributed by atoms with E-state index in [1.54, 1.807) is 6.07 Å². The van der Waals surface area contributed by atoms with Gasteiger partial charge in [-0.15, -0.1) is 0 Å². The van der Waals surface area contributed by atoms with Crippen LogP contribution in [0.5, 0.6) is 5.75 Å². The Labute approximate surface area is 125 Å². The number of aromatic carboxylic acids is 1. The zero-order chi connectivity index (χ0) is 16.1. The van der Waals surface area contributed by atoms with Crippen molar-refractivity contribution < 1.29 is 24.2 Å². The maximum Gasteiger partial charge on any atom is 0.337 e. The van der Waals surface area contributed by atoms with Gasteiger partial charge in [-0.1, -0.05) is 12.1 Å². The Morgan fingerprint density at radius 3 is 2.50 bits per heavy atom. The molecule has 0 unspecified atom stereocenters. The van der Waals surface area contributed by atoms with Crippen LogP contribution in [-0.4, -0.2) is 28.6 Å². The standard InChI is InChI=1S/C15H13FN2O4/c16-11-3-1-2-4-13(11)17-8-14(20)18-12-6-5-9(19)7-10(12)15(21)22/h1-7,17,19H,8H2,(H,18,20)(H,21,22). The van der Waals surface area contributed by atoms with Crippen molar-refractivity contribution in [3.05, 3.63) is 53.8 Å². The molecule has 22 heavy (non-hydrogen) atoms. The first-order chi connectivity index (χ1) is 10.5. The first-order valence-electron chi connectivity index (χ1n) is 6.32. The third-order valence-electron chi connectivity index (χ3n) is 2.82. The van der Waals surface area contributed by atoms with Crippen molar-refractivity contribution in [3.63, 3.8) is 0 Å². The first-order valence-corrected chi connectivity index (χ1v) is 6.32. The highest BCUT2D eigenvalue weighted by atomic mass is 19.1. The second kappa shape index (κ2) is 6.57. The SMILES string of the molecule is O=C(CNc1ccccc1F)Nc1ccc(O)cc1C(=O)O. The molecule has 6 nitrogen and oxygen atoms in total. The topological polar surface area (TPSA) is 98.7 Å². The summed E-state index contributed by atoms with van der Waals surface area (Å²) in [6.45, 7) is -0.235. The van der Waals surface area contributed by atoms with E-state index in [4.69, 9.17) is 5.11 Å². The number of carbonyl (C=O) groups excluding carboxylic acids is 1. The van der Waals surface area contributed by atoms with Gasteiger partial charge < -0.3 is 20.8 Å². The molecule has 114 valence electrons. The van der Waals surface area contributed by atoms with E-state index in [1.165, 1.54) is 30.3 Å².